The van der Waals surface area contributed by atoms with Gasteiger partial charge in [-0.2, -0.15) is 0 Å². The van der Waals surface area contributed by atoms with E-state index in [9.17, 15) is 9.59 Å². The van der Waals surface area contributed by atoms with E-state index in [0.717, 1.165) is 6.42 Å². The number of carboxylic acids is 1. The van der Waals surface area contributed by atoms with Gasteiger partial charge in [0, 0.05) is 12.0 Å². The van der Waals surface area contributed by atoms with Gasteiger partial charge in [-0.3, -0.25) is 9.59 Å². The van der Waals surface area contributed by atoms with E-state index in [0.29, 0.717) is 30.3 Å². The van der Waals surface area contributed by atoms with Gasteiger partial charge in [0.1, 0.15) is 0 Å². The van der Waals surface area contributed by atoms with Crippen molar-refractivity contribution in [1.82, 2.24) is 5.32 Å². The number of nitrogens with one attached hydrogen (secondary N) is 1. The Kier molecular flexibility index (Phi) is 4.57. The zero-order chi connectivity index (χ0) is 14.5. The van der Waals surface area contributed by atoms with Gasteiger partial charge in [0.2, 0.25) is 0 Å². The Morgan fingerprint density at radius 3 is 2.65 bits per heavy atom. The molecule has 1 atom stereocenters. The number of ketones is 1. The fraction of sp³-hybridized carbons (Fsp3) is 0.429. The van der Waals surface area contributed by atoms with Crippen LogP contribution in [-0.4, -0.2) is 43.2 Å². The summed E-state index contributed by atoms with van der Waals surface area (Å²) in [5, 5.41) is 11.5. The number of hydrogen-bond donors (Lipinski definition) is 2. The number of likely N-dealkylation sites (N-methyl/N-ethyl adjacent to an activating group) is 1. The molecule has 0 bridgehead atoms. The first-order valence-corrected chi connectivity index (χ1v) is 6.44. The van der Waals surface area contributed by atoms with Crippen LogP contribution in [-0.2, 0) is 4.79 Å². The van der Waals surface area contributed by atoms with Gasteiger partial charge in [-0.25, -0.2) is 0 Å². The van der Waals surface area contributed by atoms with Crippen molar-refractivity contribution in [3.05, 3.63) is 23.8 Å². The Hall–Kier alpha value is -2.08. The molecule has 0 saturated carbocycles. The van der Waals surface area contributed by atoms with Crippen LogP contribution >= 0.6 is 0 Å². The van der Waals surface area contributed by atoms with Crippen LogP contribution < -0.4 is 14.8 Å². The lowest BCUT2D eigenvalue weighted by molar-refractivity contribution is -0.137. The number of benzene rings is 1. The molecule has 0 amide bonds. The number of ether oxygens (including phenoxy) is 2. The number of fused-ring (bicyclic) bond motifs is 1. The second-order valence-corrected chi connectivity index (χ2v) is 4.52. The highest BCUT2D eigenvalue weighted by Gasteiger charge is 2.22. The number of hydrogen-bond acceptors (Lipinski definition) is 5. The molecule has 1 aliphatic heterocycles. The Bertz CT molecular complexity index is 514. The predicted molar refractivity (Wildman–Crippen MR) is 71.5 cm³/mol. The van der Waals surface area contributed by atoms with E-state index < -0.39 is 12.0 Å². The summed E-state index contributed by atoms with van der Waals surface area (Å²) in [6.45, 7) is 1.12. The summed E-state index contributed by atoms with van der Waals surface area (Å²) in [7, 11) is 1.56. The highest BCUT2D eigenvalue weighted by molar-refractivity contribution is 6.02. The van der Waals surface area contributed by atoms with E-state index in [1.807, 2.05) is 0 Å². The monoisotopic (exact) mass is 279 g/mol. The average molecular weight is 279 g/mol. The second kappa shape index (κ2) is 6.38. The molecule has 2 rings (SSSR count). The van der Waals surface area contributed by atoms with Crippen LogP contribution in [0.15, 0.2) is 18.2 Å². The minimum atomic E-state index is -1.02. The maximum Gasteiger partial charge on any atom is 0.305 e. The molecular weight excluding hydrogens is 262 g/mol. The van der Waals surface area contributed by atoms with Crippen molar-refractivity contribution in [2.75, 3.05) is 20.3 Å². The van der Waals surface area contributed by atoms with Gasteiger partial charge in [-0.1, -0.05) is 0 Å². The minimum absolute atomic E-state index is 0.260. The molecule has 1 aromatic rings. The maximum atomic E-state index is 12.3. The second-order valence-electron chi connectivity index (χ2n) is 4.52. The standard InChI is InChI=1S/C14H17NO5/c1-15-10(8-13(16)17)14(18)9-3-4-11-12(7-9)20-6-2-5-19-11/h3-4,7,10,15H,2,5-6,8H2,1H3,(H,16,17). The van der Waals surface area contributed by atoms with Crippen molar-refractivity contribution >= 4 is 11.8 Å². The lowest BCUT2D eigenvalue weighted by atomic mass is 10.0. The first kappa shape index (κ1) is 14.3. The molecule has 0 radical (unpaired) electrons. The van der Waals surface area contributed by atoms with Crippen LogP contribution in [0.2, 0.25) is 0 Å². The van der Waals surface area contributed by atoms with Crippen molar-refractivity contribution in [3.8, 4) is 11.5 Å². The number of rotatable bonds is 5. The van der Waals surface area contributed by atoms with Crippen molar-refractivity contribution in [2.24, 2.45) is 0 Å². The third-order valence-corrected chi connectivity index (χ3v) is 3.08. The molecule has 0 aromatic heterocycles. The highest BCUT2D eigenvalue weighted by atomic mass is 16.5. The van der Waals surface area contributed by atoms with Crippen molar-refractivity contribution in [1.29, 1.82) is 0 Å². The first-order valence-electron chi connectivity index (χ1n) is 6.44. The third kappa shape index (κ3) is 3.27. The molecule has 1 heterocycles. The Balaban J connectivity index is 2.21. The number of Topliss-reactive ketones (excluding diaryl/α,β-unsaturated/α-hetero) is 1. The van der Waals surface area contributed by atoms with E-state index >= 15 is 0 Å². The van der Waals surface area contributed by atoms with E-state index in [4.69, 9.17) is 14.6 Å². The molecular formula is C14H17NO5. The van der Waals surface area contributed by atoms with Gasteiger partial charge in [0.25, 0.3) is 0 Å². The van der Waals surface area contributed by atoms with Crippen molar-refractivity contribution in [3.63, 3.8) is 0 Å². The van der Waals surface area contributed by atoms with E-state index in [1.54, 1.807) is 25.2 Å². The fourth-order valence-electron chi connectivity index (χ4n) is 2.02. The summed E-state index contributed by atoms with van der Waals surface area (Å²) in [5.74, 6) is -0.158. The molecule has 20 heavy (non-hydrogen) atoms. The van der Waals surface area contributed by atoms with Gasteiger partial charge in [0.05, 0.1) is 25.7 Å². The summed E-state index contributed by atoms with van der Waals surface area (Å²) >= 11 is 0. The molecule has 0 saturated heterocycles. The Morgan fingerprint density at radius 2 is 2.00 bits per heavy atom. The summed E-state index contributed by atoms with van der Waals surface area (Å²) in [6, 6.07) is 4.16. The lowest BCUT2D eigenvalue weighted by Crippen LogP contribution is -2.36. The summed E-state index contributed by atoms with van der Waals surface area (Å²) in [6.07, 6.45) is 0.528. The van der Waals surface area contributed by atoms with Gasteiger partial charge >= 0.3 is 5.97 Å². The Labute approximate surface area is 116 Å². The number of carboxylic acid groups (broad SMARTS) is 1. The summed E-state index contributed by atoms with van der Waals surface area (Å²) in [4.78, 5) is 23.0. The highest BCUT2D eigenvalue weighted by Crippen LogP contribution is 2.30. The van der Waals surface area contributed by atoms with Crippen LogP contribution in [0.5, 0.6) is 11.5 Å². The third-order valence-electron chi connectivity index (χ3n) is 3.08. The molecule has 0 fully saturated rings. The largest absolute Gasteiger partial charge is 0.490 e. The molecule has 6 heteroatoms. The molecule has 2 N–H and O–H groups in total. The maximum absolute atomic E-state index is 12.3. The van der Waals surface area contributed by atoms with Crippen LogP contribution in [0.3, 0.4) is 0 Å². The number of aliphatic carboxylic acids is 1. The molecule has 0 spiro atoms. The van der Waals surface area contributed by atoms with Crippen LogP contribution in [0.1, 0.15) is 23.2 Å². The zero-order valence-corrected chi connectivity index (χ0v) is 11.2. The molecule has 6 nitrogen and oxygen atoms in total. The first-order chi connectivity index (χ1) is 9.61. The smallest absolute Gasteiger partial charge is 0.305 e. The van der Waals surface area contributed by atoms with Gasteiger partial charge < -0.3 is 19.9 Å². The predicted octanol–water partition coefficient (Wildman–Crippen LogP) is 1.09. The molecule has 0 aliphatic carbocycles. The van der Waals surface area contributed by atoms with E-state index in [2.05, 4.69) is 5.32 Å². The number of carbonyl (C=O) groups is 2. The quantitative estimate of drug-likeness (QED) is 0.785. The van der Waals surface area contributed by atoms with E-state index in [1.165, 1.54) is 0 Å². The van der Waals surface area contributed by atoms with Gasteiger partial charge in [-0.15, -0.1) is 0 Å². The lowest BCUT2D eigenvalue weighted by Gasteiger charge is -2.14. The van der Waals surface area contributed by atoms with Crippen molar-refractivity contribution in [2.45, 2.75) is 18.9 Å². The normalized spacial score (nSPS) is 15.2. The van der Waals surface area contributed by atoms with Gasteiger partial charge in [0.15, 0.2) is 17.3 Å². The zero-order valence-electron chi connectivity index (χ0n) is 11.2. The van der Waals surface area contributed by atoms with Crippen molar-refractivity contribution < 1.29 is 24.2 Å². The Morgan fingerprint density at radius 1 is 1.30 bits per heavy atom. The van der Waals surface area contributed by atoms with Crippen LogP contribution in [0.25, 0.3) is 0 Å². The molecule has 1 aliphatic rings. The van der Waals surface area contributed by atoms with E-state index in [-0.39, 0.29) is 12.2 Å². The summed E-state index contributed by atoms with van der Waals surface area (Å²) in [5.41, 5.74) is 0.412. The fourth-order valence-corrected chi connectivity index (χ4v) is 2.02. The molecule has 1 unspecified atom stereocenters. The SMILES string of the molecule is CNC(CC(=O)O)C(=O)c1ccc2c(c1)OCCCO2. The van der Waals surface area contributed by atoms with Gasteiger partial charge in [-0.05, 0) is 25.2 Å². The van der Waals surface area contributed by atoms with Crippen LogP contribution in [0, 0.1) is 0 Å². The average Bonchev–Trinajstić information content (AvgIpc) is 2.68. The summed E-state index contributed by atoms with van der Waals surface area (Å²) < 4.78 is 11.0. The molecule has 1 aromatic carbocycles. The van der Waals surface area contributed by atoms with Crippen LogP contribution in [0.4, 0.5) is 0 Å². The topological polar surface area (TPSA) is 84.9 Å². The number of carbonyl (C=O) groups excluding carboxylic acids is 1. The minimum Gasteiger partial charge on any atom is -0.490 e. The molecule has 108 valence electrons.